The lowest BCUT2D eigenvalue weighted by Crippen LogP contribution is -2.51. The van der Waals surface area contributed by atoms with Gasteiger partial charge in [0.05, 0.1) is 13.2 Å². The van der Waals surface area contributed by atoms with Gasteiger partial charge in [0.2, 0.25) is 0 Å². The zero-order chi connectivity index (χ0) is 14.5. The zero-order valence-electron chi connectivity index (χ0n) is 12.8. The van der Waals surface area contributed by atoms with Crippen molar-refractivity contribution >= 4 is 0 Å². The van der Waals surface area contributed by atoms with Crippen molar-refractivity contribution in [3.05, 3.63) is 41.5 Å². The molecule has 3 rings (SSSR count). The summed E-state index contributed by atoms with van der Waals surface area (Å²) in [6, 6.07) is 6.43. The second kappa shape index (κ2) is 4.36. The molecule has 0 aliphatic heterocycles. The Kier molecular flexibility index (Phi) is 2.98. The molecular weight excluding hydrogens is 248 g/mol. The van der Waals surface area contributed by atoms with E-state index in [2.05, 4.69) is 45.0 Å². The van der Waals surface area contributed by atoms with Gasteiger partial charge in [0.25, 0.3) is 0 Å². The average Bonchev–Trinajstić information content (AvgIpc) is 2.43. The predicted molar refractivity (Wildman–Crippen MR) is 81.1 cm³/mol. The van der Waals surface area contributed by atoms with Gasteiger partial charge in [-0.1, -0.05) is 39.0 Å². The van der Waals surface area contributed by atoms with Crippen molar-refractivity contribution in [2.45, 2.75) is 45.1 Å². The molecule has 2 heteroatoms. The Balaban J connectivity index is 2.17. The van der Waals surface area contributed by atoms with Gasteiger partial charge in [-0.3, -0.25) is 0 Å². The van der Waals surface area contributed by atoms with Crippen LogP contribution < -0.4 is 4.74 Å². The summed E-state index contributed by atoms with van der Waals surface area (Å²) in [7, 11) is 1.72. The first-order valence-electron chi connectivity index (χ1n) is 7.44. The third-order valence-corrected chi connectivity index (χ3v) is 5.61. The number of methoxy groups -OCH3 is 1. The van der Waals surface area contributed by atoms with Gasteiger partial charge in [0.15, 0.2) is 0 Å². The summed E-state index contributed by atoms with van der Waals surface area (Å²) in [6.45, 7) is 6.68. The van der Waals surface area contributed by atoms with E-state index in [9.17, 15) is 5.11 Å². The van der Waals surface area contributed by atoms with Gasteiger partial charge in [0, 0.05) is 5.41 Å². The van der Waals surface area contributed by atoms with Crippen molar-refractivity contribution in [1.82, 2.24) is 0 Å². The van der Waals surface area contributed by atoms with E-state index >= 15 is 0 Å². The molecule has 0 saturated heterocycles. The number of ether oxygens (including phenoxy) is 1. The second-order valence-corrected chi connectivity index (χ2v) is 7.02. The fourth-order valence-corrected chi connectivity index (χ4v) is 4.29. The van der Waals surface area contributed by atoms with Gasteiger partial charge in [-0.2, -0.15) is 0 Å². The molecule has 0 radical (unpaired) electrons. The van der Waals surface area contributed by atoms with E-state index in [0.29, 0.717) is 5.92 Å². The van der Waals surface area contributed by atoms with Crippen LogP contribution in [0.5, 0.6) is 5.75 Å². The average molecular weight is 272 g/mol. The lowest BCUT2D eigenvalue weighted by molar-refractivity contribution is -0.00402. The molecule has 3 atom stereocenters. The highest BCUT2D eigenvalue weighted by atomic mass is 16.5. The van der Waals surface area contributed by atoms with Crippen molar-refractivity contribution in [2.75, 3.05) is 7.11 Å². The first-order chi connectivity index (χ1) is 9.39. The molecule has 0 heterocycles. The minimum atomic E-state index is -0.354. The molecule has 2 aliphatic rings. The fourth-order valence-electron chi connectivity index (χ4n) is 4.29. The Labute approximate surface area is 121 Å². The number of hydrogen-bond donors (Lipinski definition) is 1. The number of aryl methyl sites for hydroxylation is 1. The van der Waals surface area contributed by atoms with Crippen LogP contribution in [0.25, 0.3) is 0 Å². The molecule has 0 fully saturated rings. The molecule has 0 amide bonds. The fraction of sp³-hybridized carbons (Fsp3) is 0.556. The number of benzene rings is 1. The number of aliphatic hydroxyl groups is 1. The molecule has 1 N–H and O–H groups in total. The number of hydrogen-bond acceptors (Lipinski definition) is 2. The predicted octanol–water partition coefficient (Wildman–Crippen LogP) is 3.47. The van der Waals surface area contributed by atoms with Crippen LogP contribution in [0.1, 0.15) is 38.3 Å². The first kappa shape index (κ1) is 13.7. The Morgan fingerprint density at radius 3 is 2.70 bits per heavy atom. The van der Waals surface area contributed by atoms with Crippen LogP contribution >= 0.6 is 0 Å². The molecule has 0 spiro atoms. The van der Waals surface area contributed by atoms with Crippen LogP contribution in [0, 0.1) is 11.3 Å². The van der Waals surface area contributed by atoms with E-state index < -0.39 is 0 Å². The highest BCUT2D eigenvalue weighted by Gasteiger charge is 2.50. The molecule has 0 saturated carbocycles. The van der Waals surface area contributed by atoms with E-state index in [1.165, 1.54) is 11.1 Å². The Morgan fingerprint density at radius 2 is 2.00 bits per heavy atom. The number of rotatable bonds is 1. The molecule has 3 unspecified atom stereocenters. The monoisotopic (exact) mass is 272 g/mol. The van der Waals surface area contributed by atoms with Crippen LogP contribution in [-0.2, 0) is 11.8 Å². The molecule has 2 aliphatic carbocycles. The summed E-state index contributed by atoms with van der Waals surface area (Å²) in [6.07, 6.45) is 6.05. The van der Waals surface area contributed by atoms with Gasteiger partial charge >= 0.3 is 0 Å². The minimum absolute atomic E-state index is 0.00907. The quantitative estimate of drug-likeness (QED) is 0.793. The van der Waals surface area contributed by atoms with Gasteiger partial charge in [-0.15, -0.1) is 0 Å². The van der Waals surface area contributed by atoms with Crippen molar-refractivity contribution in [1.29, 1.82) is 0 Å². The van der Waals surface area contributed by atoms with Crippen molar-refractivity contribution in [3.63, 3.8) is 0 Å². The van der Waals surface area contributed by atoms with Crippen LogP contribution in [0.15, 0.2) is 30.4 Å². The summed E-state index contributed by atoms with van der Waals surface area (Å²) < 4.78 is 5.40. The van der Waals surface area contributed by atoms with Crippen LogP contribution in [-0.4, -0.2) is 18.3 Å². The summed E-state index contributed by atoms with van der Waals surface area (Å²) in [4.78, 5) is 0. The number of allylic oxidation sites excluding steroid dienone is 1. The highest BCUT2D eigenvalue weighted by molar-refractivity contribution is 5.47. The summed E-state index contributed by atoms with van der Waals surface area (Å²) in [5.74, 6) is 1.37. The maximum Gasteiger partial charge on any atom is 0.119 e. The van der Waals surface area contributed by atoms with Crippen molar-refractivity contribution in [3.8, 4) is 5.75 Å². The molecule has 1 aromatic rings. The molecule has 0 aromatic heterocycles. The standard InChI is InChI=1S/C18H24O2/c1-17(2)15-8-6-12-5-7-13(20-4)11-14(12)18(15,3)10-9-16(17)19/h5,7,9-11,15-16,19H,6,8H2,1-4H3. The minimum Gasteiger partial charge on any atom is -0.497 e. The van der Waals surface area contributed by atoms with Crippen LogP contribution in [0.2, 0.25) is 0 Å². The van der Waals surface area contributed by atoms with Gasteiger partial charge in [-0.05, 0) is 47.4 Å². The van der Waals surface area contributed by atoms with Gasteiger partial charge in [-0.25, -0.2) is 0 Å². The third kappa shape index (κ3) is 1.74. The third-order valence-electron chi connectivity index (χ3n) is 5.61. The van der Waals surface area contributed by atoms with Gasteiger partial charge < -0.3 is 9.84 Å². The van der Waals surface area contributed by atoms with Gasteiger partial charge in [0.1, 0.15) is 5.75 Å². The highest BCUT2D eigenvalue weighted by Crippen LogP contribution is 2.54. The summed E-state index contributed by atoms with van der Waals surface area (Å²) in [5.41, 5.74) is 2.68. The molecule has 20 heavy (non-hydrogen) atoms. The smallest absolute Gasteiger partial charge is 0.119 e. The largest absolute Gasteiger partial charge is 0.497 e. The maximum atomic E-state index is 10.3. The lowest BCUT2D eigenvalue weighted by Gasteiger charge is -2.53. The number of fused-ring (bicyclic) bond motifs is 3. The zero-order valence-corrected chi connectivity index (χ0v) is 12.8. The van der Waals surface area contributed by atoms with E-state index in [4.69, 9.17) is 4.74 Å². The first-order valence-corrected chi connectivity index (χ1v) is 7.44. The molecular formula is C18H24O2. The topological polar surface area (TPSA) is 29.5 Å². The molecule has 2 nitrogen and oxygen atoms in total. The molecule has 1 aromatic carbocycles. The SMILES string of the molecule is COc1ccc2c(c1)C1(C)C=CC(O)C(C)(C)C1CC2. The summed E-state index contributed by atoms with van der Waals surface area (Å²) in [5, 5.41) is 10.3. The number of aliphatic hydroxyl groups excluding tert-OH is 1. The van der Waals surface area contributed by atoms with Crippen molar-refractivity contribution < 1.29 is 9.84 Å². The molecule has 108 valence electrons. The Bertz CT molecular complexity index is 559. The maximum absolute atomic E-state index is 10.3. The normalized spacial score (nSPS) is 34.2. The van der Waals surface area contributed by atoms with E-state index in [0.717, 1.165) is 18.6 Å². The van der Waals surface area contributed by atoms with E-state index in [-0.39, 0.29) is 16.9 Å². The van der Waals surface area contributed by atoms with E-state index in [1.807, 2.05) is 6.08 Å². The van der Waals surface area contributed by atoms with Crippen molar-refractivity contribution in [2.24, 2.45) is 11.3 Å². The molecule has 0 bridgehead atoms. The van der Waals surface area contributed by atoms with E-state index in [1.54, 1.807) is 7.11 Å². The lowest BCUT2D eigenvalue weighted by atomic mass is 9.52. The van der Waals surface area contributed by atoms with Crippen LogP contribution in [0.4, 0.5) is 0 Å². The Hall–Kier alpha value is -1.28. The second-order valence-electron chi connectivity index (χ2n) is 7.02. The Morgan fingerprint density at radius 1 is 1.25 bits per heavy atom. The van der Waals surface area contributed by atoms with Crippen LogP contribution in [0.3, 0.4) is 0 Å². The summed E-state index contributed by atoms with van der Waals surface area (Å²) >= 11 is 0.